The number of hydrogen-bond donors (Lipinski definition) is 3. The molecule has 5 heterocycles. The molecule has 4 amide bonds. The van der Waals surface area contributed by atoms with Crippen molar-refractivity contribution in [3.63, 3.8) is 0 Å². The number of amides is 4. The van der Waals surface area contributed by atoms with Crippen LogP contribution >= 0.6 is 0 Å². The lowest BCUT2D eigenvalue weighted by Crippen LogP contribution is -2.54. The standard InChI is InChI=1S/C29H30N8O6/c1-35-12-9-18(10-13-35)37-24(33-34-28(37)41)22-6-7-23(43-3)21(30-22)8-11-29(26(39)31-27(40)32-29)16-36-15-17-4-5-19(42-2)14-20(17)25(36)38/h4-7,14,18H,9-10,12-13,15-16H2,1-3H3,(H,34,41)(H2,31,32,39,40). The van der Waals surface area contributed by atoms with Crippen molar-refractivity contribution < 1.29 is 23.9 Å². The Kier molecular flexibility index (Phi) is 7.10. The van der Waals surface area contributed by atoms with E-state index >= 15 is 0 Å². The Labute approximate surface area is 246 Å². The van der Waals surface area contributed by atoms with Crippen LogP contribution in [0.3, 0.4) is 0 Å². The fourth-order valence-corrected chi connectivity index (χ4v) is 5.68. The molecule has 0 bridgehead atoms. The number of piperidine rings is 1. The highest BCUT2D eigenvalue weighted by molar-refractivity contribution is 6.10. The summed E-state index contributed by atoms with van der Waals surface area (Å²) in [5.41, 5.74) is -0.297. The highest BCUT2D eigenvalue weighted by atomic mass is 16.5. The smallest absolute Gasteiger partial charge is 0.343 e. The number of methoxy groups -OCH3 is 2. The number of benzene rings is 1. The fourth-order valence-electron chi connectivity index (χ4n) is 5.68. The number of imide groups is 1. The van der Waals surface area contributed by atoms with Gasteiger partial charge in [0.15, 0.2) is 17.3 Å². The van der Waals surface area contributed by atoms with E-state index < -0.39 is 17.5 Å². The van der Waals surface area contributed by atoms with Gasteiger partial charge in [0.25, 0.3) is 11.8 Å². The number of carbonyl (C=O) groups excluding carboxylic acids is 3. The Morgan fingerprint density at radius 2 is 1.86 bits per heavy atom. The minimum absolute atomic E-state index is 0.0429. The molecule has 1 atom stereocenters. The third kappa shape index (κ3) is 5.08. The Morgan fingerprint density at radius 3 is 2.56 bits per heavy atom. The molecule has 14 nitrogen and oxygen atoms in total. The highest BCUT2D eigenvalue weighted by Crippen LogP contribution is 2.30. The van der Waals surface area contributed by atoms with E-state index in [1.54, 1.807) is 34.9 Å². The first-order valence-corrected chi connectivity index (χ1v) is 13.7. The lowest BCUT2D eigenvalue weighted by atomic mass is 9.99. The Hall–Kier alpha value is -5.16. The van der Waals surface area contributed by atoms with Crippen molar-refractivity contribution in [1.82, 2.24) is 40.2 Å². The zero-order valence-electron chi connectivity index (χ0n) is 23.9. The first kappa shape index (κ1) is 28.0. The minimum Gasteiger partial charge on any atom is -0.497 e. The summed E-state index contributed by atoms with van der Waals surface area (Å²) in [6.45, 7) is 1.73. The zero-order chi connectivity index (χ0) is 30.3. The van der Waals surface area contributed by atoms with E-state index in [0.717, 1.165) is 31.5 Å². The van der Waals surface area contributed by atoms with Crippen molar-refractivity contribution in [2.24, 2.45) is 0 Å². The number of fused-ring (bicyclic) bond motifs is 1. The molecule has 0 spiro atoms. The van der Waals surface area contributed by atoms with Gasteiger partial charge < -0.3 is 24.6 Å². The molecule has 2 saturated heterocycles. The number of pyridine rings is 1. The molecule has 222 valence electrons. The lowest BCUT2D eigenvalue weighted by molar-refractivity contribution is -0.122. The predicted molar refractivity (Wildman–Crippen MR) is 152 cm³/mol. The summed E-state index contributed by atoms with van der Waals surface area (Å²) in [5.74, 6) is 5.98. The van der Waals surface area contributed by atoms with Crippen LogP contribution in [-0.4, -0.2) is 93.8 Å². The van der Waals surface area contributed by atoms with Crippen LogP contribution in [0.4, 0.5) is 4.79 Å². The Bertz CT molecular complexity index is 1750. The summed E-state index contributed by atoms with van der Waals surface area (Å²) in [5, 5.41) is 11.6. The Balaban J connectivity index is 1.34. The van der Waals surface area contributed by atoms with Gasteiger partial charge in [0.05, 0.1) is 20.8 Å². The molecule has 0 aliphatic carbocycles. The average molecular weight is 587 g/mol. The molecule has 1 unspecified atom stereocenters. The van der Waals surface area contributed by atoms with Gasteiger partial charge in [-0.2, -0.15) is 5.10 Å². The second-order valence-corrected chi connectivity index (χ2v) is 10.8. The summed E-state index contributed by atoms with van der Waals surface area (Å²) >= 11 is 0. The van der Waals surface area contributed by atoms with Crippen LogP contribution < -0.4 is 25.8 Å². The molecular formula is C29H30N8O6. The van der Waals surface area contributed by atoms with Crippen LogP contribution in [-0.2, 0) is 11.3 Å². The van der Waals surface area contributed by atoms with E-state index in [4.69, 9.17) is 9.47 Å². The lowest BCUT2D eigenvalue weighted by Gasteiger charge is -2.29. The van der Waals surface area contributed by atoms with E-state index in [1.807, 2.05) is 7.05 Å². The van der Waals surface area contributed by atoms with Crippen LogP contribution in [0.25, 0.3) is 11.5 Å². The topological polar surface area (TPSA) is 164 Å². The van der Waals surface area contributed by atoms with E-state index in [1.165, 1.54) is 19.1 Å². The van der Waals surface area contributed by atoms with Gasteiger partial charge in [0, 0.05) is 18.2 Å². The van der Waals surface area contributed by atoms with Crippen LogP contribution in [0.5, 0.6) is 11.5 Å². The third-order valence-corrected chi connectivity index (χ3v) is 8.02. The van der Waals surface area contributed by atoms with Gasteiger partial charge in [0.1, 0.15) is 11.4 Å². The number of likely N-dealkylation sites (tertiary alicyclic amines) is 1. The molecule has 2 fully saturated rings. The molecule has 43 heavy (non-hydrogen) atoms. The minimum atomic E-state index is -1.75. The first-order chi connectivity index (χ1) is 20.7. The number of hydrogen-bond acceptors (Lipinski definition) is 9. The molecule has 3 aliphatic heterocycles. The number of H-pyrrole nitrogens is 1. The van der Waals surface area contributed by atoms with Crippen molar-refractivity contribution >= 4 is 17.8 Å². The van der Waals surface area contributed by atoms with Crippen molar-refractivity contribution in [2.45, 2.75) is 31.0 Å². The second kappa shape index (κ2) is 10.9. The molecular weight excluding hydrogens is 556 g/mol. The number of aromatic amines is 1. The maximum Gasteiger partial charge on any atom is 0.343 e. The van der Waals surface area contributed by atoms with E-state index in [2.05, 4.69) is 42.6 Å². The van der Waals surface area contributed by atoms with Crippen molar-refractivity contribution in [1.29, 1.82) is 0 Å². The van der Waals surface area contributed by atoms with Crippen LogP contribution in [0, 0.1) is 11.8 Å². The second-order valence-electron chi connectivity index (χ2n) is 10.8. The summed E-state index contributed by atoms with van der Waals surface area (Å²) in [6, 6.07) is 7.75. The molecule has 3 aliphatic rings. The van der Waals surface area contributed by atoms with Crippen LogP contribution in [0.2, 0.25) is 0 Å². The molecule has 1 aromatic carbocycles. The SMILES string of the molecule is COc1ccc2c(c1)C(=O)N(CC1(C#Cc3nc(-c4n[nH]c(=O)n4C4CCN(C)CC4)ccc3OC)NC(=O)NC1=O)C2. The number of ether oxygens (including phenoxy) is 2. The third-order valence-electron chi connectivity index (χ3n) is 8.02. The zero-order valence-corrected chi connectivity index (χ0v) is 23.9. The maximum absolute atomic E-state index is 13.2. The number of nitrogens with zero attached hydrogens (tertiary/aromatic N) is 5. The van der Waals surface area contributed by atoms with Gasteiger partial charge >= 0.3 is 11.7 Å². The highest BCUT2D eigenvalue weighted by Gasteiger charge is 2.48. The van der Waals surface area contributed by atoms with Gasteiger partial charge in [-0.15, -0.1) is 0 Å². The average Bonchev–Trinajstić information content (AvgIpc) is 3.63. The number of nitrogens with one attached hydrogen (secondary N) is 3. The molecule has 6 rings (SSSR count). The normalized spacial score (nSPS) is 20.3. The van der Waals surface area contributed by atoms with Gasteiger partial charge in [-0.05, 0) is 68.7 Å². The Morgan fingerprint density at radius 1 is 1.07 bits per heavy atom. The molecule has 14 heteroatoms. The molecule has 0 saturated carbocycles. The monoisotopic (exact) mass is 586 g/mol. The van der Waals surface area contributed by atoms with Crippen LogP contribution in [0.1, 0.15) is 40.5 Å². The van der Waals surface area contributed by atoms with Crippen molar-refractivity contribution in [3.8, 4) is 34.9 Å². The number of urea groups is 1. The summed E-state index contributed by atoms with van der Waals surface area (Å²) < 4.78 is 12.3. The van der Waals surface area contributed by atoms with Gasteiger partial charge in [0.2, 0.25) is 5.54 Å². The quantitative estimate of drug-likeness (QED) is 0.276. The van der Waals surface area contributed by atoms with Crippen LogP contribution in [0.15, 0.2) is 35.1 Å². The van der Waals surface area contributed by atoms with E-state index in [-0.39, 0.29) is 36.4 Å². The van der Waals surface area contributed by atoms with Gasteiger partial charge in [-0.3, -0.25) is 19.5 Å². The summed E-state index contributed by atoms with van der Waals surface area (Å²) in [7, 11) is 5.01. The molecule has 2 aromatic heterocycles. The van der Waals surface area contributed by atoms with Crippen molar-refractivity contribution in [2.75, 3.05) is 40.9 Å². The largest absolute Gasteiger partial charge is 0.497 e. The summed E-state index contributed by atoms with van der Waals surface area (Å²) in [4.78, 5) is 59.7. The fraction of sp³-hybridized carbons (Fsp3) is 0.379. The number of aromatic nitrogens is 4. The molecule has 3 N–H and O–H groups in total. The van der Waals surface area contributed by atoms with Gasteiger partial charge in [-0.25, -0.2) is 19.7 Å². The summed E-state index contributed by atoms with van der Waals surface area (Å²) in [6.07, 6.45) is 1.57. The van der Waals surface area contributed by atoms with Gasteiger partial charge in [-0.1, -0.05) is 12.0 Å². The molecule has 0 radical (unpaired) electrons. The van der Waals surface area contributed by atoms with E-state index in [9.17, 15) is 19.2 Å². The molecule has 3 aromatic rings. The van der Waals surface area contributed by atoms with E-state index in [0.29, 0.717) is 28.6 Å². The number of rotatable bonds is 6. The number of carbonyl (C=O) groups is 3. The predicted octanol–water partition coefficient (Wildman–Crippen LogP) is 0.503. The maximum atomic E-state index is 13.2. The van der Waals surface area contributed by atoms with Crippen molar-refractivity contribution in [3.05, 3.63) is 57.6 Å². The first-order valence-electron chi connectivity index (χ1n) is 13.7.